The van der Waals surface area contributed by atoms with Gasteiger partial charge in [-0.05, 0) is 64.3 Å². The number of anilines is 2. The number of pyridine rings is 1. The number of allylic oxidation sites excluding steroid dienone is 1. The van der Waals surface area contributed by atoms with Crippen molar-refractivity contribution in [2.75, 3.05) is 29.6 Å². The number of hydrazine groups is 1. The summed E-state index contributed by atoms with van der Waals surface area (Å²) >= 11 is 7.28. The summed E-state index contributed by atoms with van der Waals surface area (Å²) in [6.07, 6.45) is 5.23. The molecule has 1 atom stereocenters. The number of nitrogens with zero attached hydrogens (tertiary/aromatic N) is 5. The van der Waals surface area contributed by atoms with E-state index in [9.17, 15) is 9.59 Å². The second-order valence-corrected chi connectivity index (χ2v) is 12.0. The van der Waals surface area contributed by atoms with Crippen molar-refractivity contribution in [1.29, 1.82) is 0 Å². The number of rotatable bonds is 9. The monoisotopic (exact) mass is 613 g/mol. The first-order chi connectivity index (χ1) is 19.9. The van der Waals surface area contributed by atoms with Crippen molar-refractivity contribution in [2.24, 2.45) is 24.5 Å². The summed E-state index contributed by atoms with van der Waals surface area (Å²) in [6.45, 7) is 9.36. The minimum absolute atomic E-state index is 0.113. The van der Waals surface area contributed by atoms with Crippen LogP contribution in [-0.4, -0.2) is 50.8 Å². The fraction of sp³-hybridized carbons (Fsp3) is 0.448. The number of halogens is 1. The Morgan fingerprint density at radius 1 is 1.21 bits per heavy atom. The summed E-state index contributed by atoms with van der Waals surface area (Å²) < 4.78 is 4.32. The van der Waals surface area contributed by atoms with E-state index in [2.05, 4.69) is 19.9 Å². The number of hydrogen-bond acceptors (Lipinski definition) is 10. The zero-order valence-electron chi connectivity index (χ0n) is 24.9. The zero-order valence-corrected chi connectivity index (χ0v) is 26.5. The molecule has 0 bridgehead atoms. The van der Waals surface area contributed by atoms with Crippen LogP contribution in [0.1, 0.15) is 61.3 Å². The molecule has 3 heterocycles. The summed E-state index contributed by atoms with van der Waals surface area (Å²) in [7, 11) is 1.76. The highest BCUT2D eigenvalue weighted by Gasteiger charge is 2.26. The molecule has 0 aliphatic carbocycles. The lowest BCUT2D eigenvalue weighted by Gasteiger charge is -2.34. The lowest BCUT2D eigenvalue weighted by atomic mass is 9.94. The van der Waals surface area contributed by atoms with Crippen molar-refractivity contribution in [3.05, 3.63) is 68.5 Å². The molecule has 3 aromatic rings. The van der Waals surface area contributed by atoms with Gasteiger partial charge in [0, 0.05) is 55.8 Å². The van der Waals surface area contributed by atoms with E-state index < -0.39 is 0 Å². The Morgan fingerprint density at radius 3 is 2.55 bits per heavy atom. The maximum absolute atomic E-state index is 13.6. The van der Waals surface area contributed by atoms with E-state index in [0.29, 0.717) is 35.6 Å². The van der Waals surface area contributed by atoms with Crippen LogP contribution >= 0.6 is 23.5 Å². The van der Waals surface area contributed by atoms with E-state index in [1.807, 2.05) is 46.0 Å². The van der Waals surface area contributed by atoms with E-state index >= 15 is 0 Å². The molecule has 0 radical (unpaired) electrons. The second kappa shape index (κ2) is 13.2. The van der Waals surface area contributed by atoms with Crippen molar-refractivity contribution >= 4 is 52.0 Å². The maximum atomic E-state index is 13.6. The number of hydrogen-bond donors (Lipinski definition) is 4. The minimum atomic E-state index is -0.356. The Bertz CT molecular complexity index is 1550. The van der Waals surface area contributed by atoms with Gasteiger partial charge in [0.25, 0.3) is 11.5 Å². The van der Waals surface area contributed by atoms with Gasteiger partial charge in [-0.3, -0.25) is 18.9 Å². The molecule has 1 aliphatic heterocycles. The fourth-order valence-corrected chi connectivity index (χ4v) is 5.60. The molecule has 1 amide bonds. The van der Waals surface area contributed by atoms with Crippen LogP contribution in [0.15, 0.2) is 41.0 Å². The van der Waals surface area contributed by atoms with Crippen LogP contribution in [0.2, 0.25) is 5.15 Å². The molecule has 2 aromatic heterocycles. The Balaban J connectivity index is 1.67. The number of nitrogens with one attached hydrogen (secondary N) is 2. The van der Waals surface area contributed by atoms with Gasteiger partial charge in [-0.2, -0.15) is 0 Å². The van der Waals surface area contributed by atoms with Gasteiger partial charge in [0.1, 0.15) is 5.15 Å². The third-order valence-corrected chi connectivity index (χ3v) is 8.18. The van der Waals surface area contributed by atoms with Crippen molar-refractivity contribution in [3.8, 4) is 0 Å². The lowest BCUT2D eigenvalue weighted by Crippen LogP contribution is -2.40. The van der Waals surface area contributed by atoms with E-state index in [4.69, 9.17) is 28.2 Å². The Hall–Kier alpha value is -3.48. The van der Waals surface area contributed by atoms with E-state index in [1.54, 1.807) is 35.0 Å². The first kappa shape index (κ1) is 31.5. The number of nitrogens with two attached hydrogens (primary N) is 2. The number of piperidine rings is 1. The maximum Gasteiger partial charge on any atom is 0.281 e. The third-order valence-electron chi connectivity index (χ3n) is 7.58. The first-order valence-corrected chi connectivity index (χ1v) is 15.5. The van der Waals surface area contributed by atoms with E-state index in [1.165, 1.54) is 11.9 Å². The van der Waals surface area contributed by atoms with Crippen LogP contribution in [0, 0.1) is 12.8 Å². The van der Waals surface area contributed by atoms with Gasteiger partial charge in [0.15, 0.2) is 5.69 Å². The molecule has 226 valence electrons. The number of aryl methyl sites for hydroxylation is 1. The van der Waals surface area contributed by atoms with Crippen LogP contribution in [0.5, 0.6) is 0 Å². The van der Waals surface area contributed by atoms with Crippen molar-refractivity contribution in [2.45, 2.75) is 52.6 Å². The molecular weight excluding hydrogens is 574 g/mol. The normalized spacial score (nSPS) is 15.3. The first-order valence-electron chi connectivity index (χ1n) is 13.9. The van der Waals surface area contributed by atoms with Gasteiger partial charge in [0.2, 0.25) is 5.95 Å². The van der Waals surface area contributed by atoms with Crippen LogP contribution in [0.25, 0.3) is 10.9 Å². The predicted octanol–water partition coefficient (Wildman–Crippen LogP) is 4.07. The Kier molecular flexibility index (Phi) is 9.90. The number of amides is 1. The molecule has 13 heteroatoms. The number of benzene rings is 1. The minimum Gasteiger partial charge on any atom is -0.401 e. The summed E-state index contributed by atoms with van der Waals surface area (Å²) in [5, 5.41) is 5.79. The number of aromatic nitrogens is 3. The number of fused-ring (bicyclic) bond motifs is 1. The number of carbonyl (C=O) groups is 1. The fourth-order valence-electron chi connectivity index (χ4n) is 5.17. The molecule has 1 saturated heterocycles. The molecule has 0 spiro atoms. The molecule has 6 N–H and O–H groups in total. The molecule has 11 nitrogen and oxygen atoms in total. The molecule has 42 heavy (non-hydrogen) atoms. The van der Waals surface area contributed by atoms with E-state index in [0.717, 1.165) is 29.7 Å². The van der Waals surface area contributed by atoms with Crippen LogP contribution < -0.4 is 32.1 Å². The third kappa shape index (κ3) is 6.77. The lowest BCUT2D eigenvalue weighted by molar-refractivity contribution is 0.0980. The van der Waals surface area contributed by atoms with Gasteiger partial charge in [-0.15, -0.1) is 0 Å². The highest BCUT2D eigenvalue weighted by molar-refractivity contribution is 7.97. The summed E-state index contributed by atoms with van der Waals surface area (Å²) in [5.74, 6) is 6.52. The zero-order chi connectivity index (χ0) is 30.7. The average Bonchev–Trinajstić information content (AvgIpc) is 2.95. The predicted molar refractivity (Wildman–Crippen MR) is 172 cm³/mol. The van der Waals surface area contributed by atoms with Gasteiger partial charge in [-0.25, -0.2) is 15.8 Å². The summed E-state index contributed by atoms with van der Waals surface area (Å²) in [5.41, 5.74) is 10.2. The van der Waals surface area contributed by atoms with Gasteiger partial charge in [0.05, 0.1) is 22.6 Å². The highest BCUT2D eigenvalue weighted by Crippen LogP contribution is 2.30. The molecule has 1 fully saturated rings. The van der Waals surface area contributed by atoms with Gasteiger partial charge < -0.3 is 21.0 Å². The largest absolute Gasteiger partial charge is 0.401 e. The molecule has 1 aromatic carbocycles. The summed E-state index contributed by atoms with van der Waals surface area (Å²) in [6, 6.07) is 7.10. The molecule has 1 aliphatic rings. The standard InChI is InChI=1S/C29H40ClN9O2S/c1-16(2)39(32)15-22(31)19-9-11-38(12-10-19)29-35-25-20(13-17(3)14-21(25)28(41)37(29)5)18(4)33-23-7-8-24(30)34-26(23)27(40)36-42-6/h7-8,13-16,18-19,33H,9-12,31-32H2,1-6H3,(H,36,40)/b22-15-. The summed E-state index contributed by atoms with van der Waals surface area (Å²) in [4.78, 5) is 37.8. The smallest absolute Gasteiger partial charge is 0.281 e. The SMILES string of the molecule is CSNC(=O)c1nc(Cl)ccc1NC(C)c1cc(C)cc2c(=O)n(C)c(N3CCC(/C(N)=C/N(N)C(C)C)CC3)nc12. The van der Waals surface area contributed by atoms with Gasteiger partial charge >= 0.3 is 0 Å². The Morgan fingerprint density at radius 2 is 1.90 bits per heavy atom. The molecule has 0 saturated carbocycles. The number of carbonyl (C=O) groups excluding carboxylic acids is 1. The average molecular weight is 614 g/mol. The quantitative estimate of drug-likeness (QED) is 0.120. The molecular formula is C29H40ClN9O2S. The van der Waals surface area contributed by atoms with Crippen LogP contribution in [0.4, 0.5) is 11.6 Å². The highest BCUT2D eigenvalue weighted by atomic mass is 35.5. The van der Waals surface area contributed by atoms with Gasteiger partial charge in [-0.1, -0.05) is 29.6 Å². The van der Waals surface area contributed by atoms with Crippen molar-refractivity contribution < 1.29 is 4.79 Å². The second-order valence-electron chi connectivity index (χ2n) is 11.0. The van der Waals surface area contributed by atoms with Crippen LogP contribution in [0.3, 0.4) is 0 Å². The van der Waals surface area contributed by atoms with Crippen LogP contribution in [-0.2, 0) is 7.05 Å². The molecule has 1 unspecified atom stereocenters. The van der Waals surface area contributed by atoms with Crippen molar-refractivity contribution in [3.63, 3.8) is 0 Å². The topological polar surface area (TPSA) is 147 Å². The van der Waals surface area contributed by atoms with E-state index in [-0.39, 0.29) is 40.3 Å². The van der Waals surface area contributed by atoms with Crippen molar-refractivity contribution in [1.82, 2.24) is 24.3 Å². The molecule has 4 rings (SSSR count). The Labute approximate surface area is 255 Å².